The fourth-order valence-corrected chi connectivity index (χ4v) is 2.80. The number of rotatable bonds is 6. The molecule has 1 aliphatic heterocycles. The molecule has 0 radical (unpaired) electrons. The summed E-state index contributed by atoms with van der Waals surface area (Å²) in [5.74, 6) is 2.39. The first-order chi connectivity index (χ1) is 8.11. The number of nitrogens with zero attached hydrogens (tertiary/aromatic N) is 1. The fraction of sp³-hybridized carbons (Fsp3) is 0.929. The van der Waals surface area contributed by atoms with Crippen molar-refractivity contribution in [1.82, 2.24) is 10.2 Å². The molecule has 2 aliphatic rings. The molecule has 1 N–H and O–H groups in total. The van der Waals surface area contributed by atoms with Crippen LogP contribution in [0.5, 0.6) is 0 Å². The molecule has 3 nitrogen and oxygen atoms in total. The first-order valence-electron chi connectivity index (χ1n) is 7.13. The molecule has 2 atom stereocenters. The molecule has 1 amide bonds. The minimum atomic E-state index is 0.368. The van der Waals surface area contributed by atoms with E-state index in [1.807, 2.05) is 0 Å². The van der Waals surface area contributed by atoms with E-state index in [-0.39, 0.29) is 0 Å². The van der Waals surface area contributed by atoms with Gasteiger partial charge < -0.3 is 10.2 Å². The van der Waals surface area contributed by atoms with Gasteiger partial charge in [0.1, 0.15) is 0 Å². The first-order valence-corrected chi connectivity index (χ1v) is 7.13. The maximum atomic E-state index is 12.0. The second-order valence-electron chi connectivity index (χ2n) is 6.01. The second-order valence-corrected chi connectivity index (χ2v) is 6.01. The van der Waals surface area contributed by atoms with Gasteiger partial charge in [-0.25, -0.2) is 0 Å². The maximum Gasteiger partial charge on any atom is 0.222 e. The average Bonchev–Trinajstić information content (AvgIpc) is 3.04. The first kappa shape index (κ1) is 12.9. The van der Waals surface area contributed by atoms with Crippen LogP contribution in [0.2, 0.25) is 0 Å². The summed E-state index contributed by atoms with van der Waals surface area (Å²) in [6.45, 7) is 9.52. The third kappa shape index (κ3) is 3.21. The Labute approximate surface area is 105 Å². The summed E-state index contributed by atoms with van der Waals surface area (Å²) in [6.07, 6.45) is 3.45. The number of likely N-dealkylation sites (tertiary alicyclic amines) is 1. The van der Waals surface area contributed by atoms with Crippen LogP contribution < -0.4 is 5.32 Å². The Balaban J connectivity index is 1.87. The van der Waals surface area contributed by atoms with Gasteiger partial charge in [-0.2, -0.15) is 0 Å². The molecule has 17 heavy (non-hydrogen) atoms. The molecule has 0 aromatic carbocycles. The number of hydrogen-bond acceptors (Lipinski definition) is 2. The van der Waals surface area contributed by atoms with Crippen LogP contribution in [0.3, 0.4) is 0 Å². The normalized spacial score (nSPS) is 26.9. The average molecular weight is 238 g/mol. The van der Waals surface area contributed by atoms with Gasteiger partial charge in [0, 0.05) is 25.6 Å². The molecular weight excluding hydrogens is 212 g/mol. The van der Waals surface area contributed by atoms with Gasteiger partial charge >= 0.3 is 0 Å². The Morgan fingerprint density at radius 2 is 2.06 bits per heavy atom. The highest BCUT2D eigenvalue weighted by molar-refractivity contribution is 5.78. The van der Waals surface area contributed by atoms with Crippen molar-refractivity contribution in [3.05, 3.63) is 0 Å². The molecule has 1 saturated heterocycles. The second kappa shape index (κ2) is 5.38. The van der Waals surface area contributed by atoms with E-state index in [2.05, 4.69) is 31.0 Å². The SMILES string of the molecule is CCNC(CN1CC(C(C)C)CC1=O)C1CC1. The van der Waals surface area contributed by atoms with Crippen LogP contribution in [-0.2, 0) is 4.79 Å². The van der Waals surface area contributed by atoms with Gasteiger partial charge in [0.15, 0.2) is 0 Å². The van der Waals surface area contributed by atoms with Gasteiger partial charge in [-0.15, -0.1) is 0 Å². The Hall–Kier alpha value is -0.570. The highest BCUT2D eigenvalue weighted by Gasteiger charge is 2.36. The third-order valence-electron chi connectivity index (χ3n) is 4.26. The molecule has 2 unspecified atom stereocenters. The molecule has 0 aromatic heterocycles. The van der Waals surface area contributed by atoms with E-state index in [0.717, 1.165) is 32.0 Å². The van der Waals surface area contributed by atoms with E-state index in [4.69, 9.17) is 0 Å². The fourth-order valence-electron chi connectivity index (χ4n) is 2.80. The summed E-state index contributed by atoms with van der Waals surface area (Å²) in [5, 5.41) is 3.54. The van der Waals surface area contributed by atoms with Crippen LogP contribution in [-0.4, -0.2) is 36.5 Å². The van der Waals surface area contributed by atoms with Crippen molar-refractivity contribution in [3.8, 4) is 0 Å². The Morgan fingerprint density at radius 1 is 1.35 bits per heavy atom. The molecule has 2 rings (SSSR count). The van der Waals surface area contributed by atoms with E-state index in [1.165, 1.54) is 12.8 Å². The number of nitrogens with one attached hydrogen (secondary N) is 1. The smallest absolute Gasteiger partial charge is 0.222 e. The largest absolute Gasteiger partial charge is 0.341 e. The Kier molecular flexibility index (Phi) is 4.08. The van der Waals surface area contributed by atoms with Crippen molar-refractivity contribution in [2.45, 2.75) is 46.1 Å². The highest BCUT2D eigenvalue weighted by Crippen LogP contribution is 2.34. The van der Waals surface area contributed by atoms with Crippen LogP contribution in [0.1, 0.15) is 40.0 Å². The monoisotopic (exact) mass is 238 g/mol. The molecule has 1 heterocycles. The molecule has 3 heteroatoms. The molecule has 2 fully saturated rings. The summed E-state index contributed by atoms with van der Waals surface area (Å²) in [6, 6.07) is 0.537. The van der Waals surface area contributed by atoms with E-state index >= 15 is 0 Å². The van der Waals surface area contributed by atoms with Gasteiger partial charge in [-0.1, -0.05) is 20.8 Å². The number of carbonyl (C=O) groups is 1. The summed E-state index contributed by atoms with van der Waals surface area (Å²) in [4.78, 5) is 14.1. The van der Waals surface area contributed by atoms with Gasteiger partial charge in [0.05, 0.1) is 0 Å². The zero-order chi connectivity index (χ0) is 12.4. The van der Waals surface area contributed by atoms with Crippen molar-refractivity contribution in [1.29, 1.82) is 0 Å². The van der Waals surface area contributed by atoms with E-state index in [1.54, 1.807) is 0 Å². The summed E-state index contributed by atoms with van der Waals surface area (Å²) < 4.78 is 0. The third-order valence-corrected chi connectivity index (χ3v) is 4.26. The number of likely N-dealkylation sites (N-methyl/N-ethyl adjacent to an activating group) is 1. The molecule has 1 saturated carbocycles. The molecule has 98 valence electrons. The van der Waals surface area contributed by atoms with Gasteiger partial charge in [-0.3, -0.25) is 4.79 Å². The molecule has 0 aromatic rings. The summed E-state index contributed by atoms with van der Waals surface area (Å²) in [7, 11) is 0. The summed E-state index contributed by atoms with van der Waals surface area (Å²) in [5.41, 5.74) is 0. The topological polar surface area (TPSA) is 32.3 Å². The van der Waals surface area contributed by atoms with Crippen molar-refractivity contribution < 1.29 is 4.79 Å². The molecule has 0 bridgehead atoms. The predicted octanol–water partition coefficient (Wildman–Crippen LogP) is 1.88. The minimum Gasteiger partial charge on any atom is -0.341 e. The van der Waals surface area contributed by atoms with Crippen molar-refractivity contribution in [2.24, 2.45) is 17.8 Å². The lowest BCUT2D eigenvalue weighted by Gasteiger charge is -2.25. The standard InChI is InChI=1S/C14H26N2O/c1-4-15-13(11-5-6-11)9-16-8-12(10(2)3)7-14(16)17/h10-13,15H,4-9H2,1-3H3. The Bertz CT molecular complexity index is 273. The van der Waals surface area contributed by atoms with Gasteiger partial charge in [0.25, 0.3) is 0 Å². The predicted molar refractivity (Wildman–Crippen MR) is 69.7 cm³/mol. The van der Waals surface area contributed by atoms with Crippen molar-refractivity contribution in [3.63, 3.8) is 0 Å². The van der Waals surface area contributed by atoms with Crippen LogP contribution in [0.4, 0.5) is 0 Å². The lowest BCUT2D eigenvalue weighted by molar-refractivity contribution is -0.128. The highest BCUT2D eigenvalue weighted by atomic mass is 16.2. The zero-order valence-corrected chi connectivity index (χ0v) is 11.4. The zero-order valence-electron chi connectivity index (χ0n) is 11.4. The van der Waals surface area contributed by atoms with E-state index in [9.17, 15) is 4.79 Å². The lowest BCUT2D eigenvalue weighted by atomic mass is 9.95. The minimum absolute atomic E-state index is 0.368. The van der Waals surface area contributed by atoms with E-state index < -0.39 is 0 Å². The maximum absolute atomic E-state index is 12.0. The number of carbonyl (C=O) groups excluding carboxylic acids is 1. The molecule has 1 aliphatic carbocycles. The van der Waals surface area contributed by atoms with Crippen LogP contribution in [0.25, 0.3) is 0 Å². The van der Waals surface area contributed by atoms with Crippen molar-refractivity contribution >= 4 is 5.91 Å². The number of amides is 1. The lowest BCUT2D eigenvalue weighted by Crippen LogP contribution is -2.43. The van der Waals surface area contributed by atoms with Gasteiger partial charge in [0.2, 0.25) is 5.91 Å². The summed E-state index contributed by atoms with van der Waals surface area (Å²) >= 11 is 0. The van der Waals surface area contributed by atoms with Crippen LogP contribution in [0, 0.1) is 17.8 Å². The van der Waals surface area contributed by atoms with Gasteiger partial charge in [-0.05, 0) is 37.1 Å². The molecular formula is C14H26N2O. The Morgan fingerprint density at radius 3 is 2.53 bits per heavy atom. The quantitative estimate of drug-likeness (QED) is 0.766. The van der Waals surface area contributed by atoms with Crippen LogP contribution >= 0.6 is 0 Å². The van der Waals surface area contributed by atoms with E-state index in [0.29, 0.717) is 23.8 Å². The van der Waals surface area contributed by atoms with Crippen LogP contribution in [0.15, 0.2) is 0 Å². The number of hydrogen-bond donors (Lipinski definition) is 1. The molecule has 0 spiro atoms. The van der Waals surface area contributed by atoms with Crippen molar-refractivity contribution in [2.75, 3.05) is 19.6 Å².